The van der Waals surface area contributed by atoms with Crippen molar-refractivity contribution in [2.24, 2.45) is 0 Å². The van der Waals surface area contributed by atoms with Crippen LogP contribution in [-0.2, 0) is 32.7 Å². The van der Waals surface area contributed by atoms with E-state index < -0.39 is 0 Å². The second-order valence-corrected chi connectivity index (χ2v) is 1.21. The predicted molar refractivity (Wildman–Crippen MR) is 31.6 cm³/mol. The predicted octanol–water partition coefficient (Wildman–Crippen LogP) is 2.64. The Kier molecular flexibility index (Phi) is 61.6. The van der Waals surface area contributed by atoms with Crippen molar-refractivity contribution in [2.75, 3.05) is 0 Å². The molecule has 43 valence electrons. The van der Waals surface area contributed by atoms with Crippen LogP contribution in [0.4, 0.5) is 0 Å². The molecule has 0 nitrogen and oxygen atoms in total. The van der Waals surface area contributed by atoms with Gasteiger partial charge in [-0.3, -0.25) is 0 Å². The molecule has 0 aromatic carbocycles. The first kappa shape index (κ1) is 15.7. The SMILES string of the molecule is CCC.[CH2-]CC.[Y]. The van der Waals surface area contributed by atoms with Gasteiger partial charge in [0.25, 0.3) is 0 Å². The van der Waals surface area contributed by atoms with Crippen LogP contribution in [0.15, 0.2) is 0 Å². The van der Waals surface area contributed by atoms with Gasteiger partial charge < -0.3 is 6.92 Å². The van der Waals surface area contributed by atoms with Crippen LogP contribution in [0.2, 0.25) is 0 Å². The fourth-order valence-corrected chi connectivity index (χ4v) is 0. The summed E-state index contributed by atoms with van der Waals surface area (Å²) in [5, 5.41) is 0. The van der Waals surface area contributed by atoms with Gasteiger partial charge in [-0.2, -0.15) is 6.42 Å². The van der Waals surface area contributed by atoms with Gasteiger partial charge >= 0.3 is 0 Å². The molecule has 1 heteroatoms. The molecule has 0 atom stereocenters. The molecule has 0 bridgehead atoms. The average Bonchev–Trinajstić information content (AvgIpc) is 1.39. The summed E-state index contributed by atoms with van der Waals surface area (Å²) >= 11 is 0. The maximum absolute atomic E-state index is 3.49. The van der Waals surface area contributed by atoms with E-state index in [0.717, 1.165) is 6.42 Å². The molecule has 0 spiro atoms. The van der Waals surface area contributed by atoms with E-state index in [1.165, 1.54) is 6.42 Å². The van der Waals surface area contributed by atoms with Gasteiger partial charge in [0.2, 0.25) is 0 Å². The smallest absolute Gasteiger partial charge is 0 e. The van der Waals surface area contributed by atoms with E-state index in [2.05, 4.69) is 20.8 Å². The normalized spacial score (nSPS) is 5.14. The third-order valence-electron chi connectivity index (χ3n) is 0. The van der Waals surface area contributed by atoms with E-state index in [1.54, 1.807) is 0 Å². The van der Waals surface area contributed by atoms with Crippen LogP contribution >= 0.6 is 0 Å². The molecule has 0 rings (SSSR count). The summed E-state index contributed by atoms with van der Waals surface area (Å²) in [5.41, 5.74) is 0. The van der Waals surface area contributed by atoms with Crippen LogP contribution in [0.25, 0.3) is 0 Å². The van der Waals surface area contributed by atoms with E-state index >= 15 is 0 Å². The minimum Gasteiger partial charge on any atom is -0.344 e. The molecule has 0 saturated heterocycles. The van der Waals surface area contributed by atoms with E-state index in [9.17, 15) is 0 Å². The average molecular weight is 176 g/mol. The van der Waals surface area contributed by atoms with Crippen molar-refractivity contribution in [1.82, 2.24) is 0 Å². The van der Waals surface area contributed by atoms with Crippen molar-refractivity contribution >= 4 is 0 Å². The van der Waals surface area contributed by atoms with E-state index in [-0.39, 0.29) is 32.7 Å². The van der Waals surface area contributed by atoms with Crippen LogP contribution in [0.5, 0.6) is 0 Å². The van der Waals surface area contributed by atoms with Crippen LogP contribution in [-0.4, -0.2) is 0 Å². The summed E-state index contributed by atoms with van der Waals surface area (Å²) in [6, 6.07) is 0. The summed E-state index contributed by atoms with van der Waals surface area (Å²) in [6.45, 7) is 9.75. The van der Waals surface area contributed by atoms with E-state index in [4.69, 9.17) is 0 Å². The maximum atomic E-state index is 3.49. The minimum absolute atomic E-state index is 0. The topological polar surface area (TPSA) is 0 Å². The molecular weight excluding hydrogens is 161 g/mol. The van der Waals surface area contributed by atoms with Crippen molar-refractivity contribution < 1.29 is 32.7 Å². The third-order valence-corrected chi connectivity index (χ3v) is 0. The quantitative estimate of drug-likeness (QED) is 0.497. The van der Waals surface area contributed by atoms with Crippen molar-refractivity contribution in [3.63, 3.8) is 0 Å². The second-order valence-electron chi connectivity index (χ2n) is 1.21. The first-order chi connectivity index (χ1) is 2.83. The van der Waals surface area contributed by atoms with Gasteiger partial charge in [0.15, 0.2) is 0 Å². The zero-order chi connectivity index (χ0) is 5.41. The zero-order valence-electron chi connectivity index (χ0n) is 5.70. The van der Waals surface area contributed by atoms with Crippen molar-refractivity contribution in [2.45, 2.75) is 33.6 Å². The Hall–Kier alpha value is 1.10. The summed E-state index contributed by atoms with van der Waals surface area (Å²) in [6.07, 6.45) is 2.25. The molecule has 0 aromatic rings. The summed E-state index contributed by atoms with van der Waals surface area (Å²) in [7, 11) is 0. The Balaban J connectivity index is -0.0000000400. The van der Waals surface area contributed by atoms with Crippen molar-refractivity contribution in [1.29, 1.82) is 0 Å². The largest absolute Gasteiger partial charge is 0.344 e. The van der Waals surface area contributed by atoms with E-state index in [0.29, 0.717) is 0 Å². The van der Waals surface area contributed by atoms with Crippen LogP contribution in [0, 0.1) is 6.92 Å². The molecule has 0 aliphatic heterocycles. The Morgan fingerprint density at radius 2 is 1.14 bits per heavy atom. The Bertz CT molecular complexity index is 6.14. The third kappa shape index (κ3) is 152. The fraction of sp³-hybridized carbons (Fsp3) is 0.833. The van der Waals surface area contributed by atoms with Gasteiger partial charge in [-0.1, -0.05) is 27.2 Å². The van der Waals surface area contributed by atoms with Gasteiger partial charge in [0.1, 0.15) is 0 Å². The van der Waals surface area contributed by atoms with E-state index in [1.807, 2.05) is 6.92 Å². The van der Waals surface area contributed by atoms with Gasteiger partial charge in [-0.25, -0.2) is 0 Å². The molecule has 7 heavy (non-hydrogen) atoms. The molecule has 0 amide bonds. The Morgan fingerprint density at radius 3 is 1.14 bits per heavy atom. The molecule has 0 heterocycles. The molecule has 0 aromatic heterocycles. The number of hydrogen-bond acceptors (Lipinski definition) is 0. The standard InChI is InChI=1S/C3H8.C3H7.Y/c2*1-3-2;/h3H2,1-2H3;1,3H2,2H3;/q;-1;. The Labute approximate surface area is 73.0 Å². The molecule has 0 saturated carbocycles. The summed E-state index contributed by atoms with van der Waals surface area (Å²) < 4.78 is 0. The zero-order valence-corrected chi connectivity index (χ0v) is 8.54. The van der Waals surface area contributed by atoms with Gasteiger partial charge in [-0.15, -0.1) is 0 Å². The molecule has 0 aliphatic rings. The molecule has 0 fully saturated rings. The van der Waals surface area contributed by atoms with Gasteiger partial charge in [0.05, 0.1) is 0 Å². The summed E-state index contributed by atoms with van der Waals surface area (Å²) in [5.74, 6) is 0. The molecule has 0 unspecified atom stereocenters. The second kappa shape index (κ2) is 27.5. The first-order valence-electron chi connectivity index (χ1n) is 2.62. The van der Waals surface area contributed by atoms with Gasteiger partial charge in [-0.05, 0) is 0 Å². The summed E-state index contributed by atoms with van der Waals surface area (Å²) in [4.78, 5) is 0. The first-order valence-corrected chi connectivity index (χ1v) is 2.62. The number of hydrogen-bond donors (Lipinski definition) is 0. The fourth-order valence-electron chi connectivity index (χ4n) is 0. The van der Waals surface area contributed by atoms with Crippen molar-refractivity contribution in [3.8, 4) is 0 Å². The van der Waals surface area contributed by atoms with Gasteiger partial charge in [0, 0.05) is 32.7 Å². The number of rotatable bonds is 0. The van der Waals surface area contributed by atoms with Crippen LogP contribution in [0.1, 0.15) is 33.6 Å². The monoisotopic (exact) mass is 176 g/mol. The molecule has 0 N–H and O–H groups in total. The van der Waals surface area contributed by atoms with Crippen LogP contribution < -0.4 is 0 Å². The molecular formula is C6H15Y-. The Morgan fingerprint density at radius 1 is 1.14 bits per heavy atom. The maximum Gasteiger partial charge on any atom is 0 e. The molecule has 0 aliphatic carbocycles. The molecule has 1 radical (unpaired) electrons. The van der Waals surface area contributed by atoms with Crippen molar-refractivity contribution in [3.05, 3.63) is 6.92 Å². The van der Waals surface area contributed by atoms with Crippen LogP contribution in [0.3, 0.4) is 0 Å². The minimum atomic E-state index is 0.